The van der Waals surface area contributed by atoms with E-state index in [1.54, 1.807) is 43.3 Å². The fourth-order valence-electron chi connectivity index (χ4n) is 1.43. The topological polar surface area (TPSA) is 75.6 Å². The molecule has 1 aromatic carbocycles. The van der Waals surface area contributed by atoms with E-state index in [4.69, 9.17) is 21.4 Å². The first kappa shape index (κ1) is 16.0. The van der Waals surface area contributed by atoms with Crippen LogP contribution in [-0.2, 0) is 9.59 Å². The quantitative estimate of drug-likeness (QED) is 0.757. The van der Waals surface area contributed by atoms with Crippen LogP contribution in [0.5, 0.6) is 5.75 Å². The first-order valence-electron chi connectivity index (χ1n) is 6.05. The number of carbonyl (C=O) groups is 2. The number of hydrogen-bond donors (Lipinski definition) is 2. The first-order chi connectivity index (χ1) is 9.54. The molecule has 1 unspecified atom stereocenters. The molecule has 2 N–H and O–H groups in total. The second kappa shape index (κ2) is 8.22. The minimum absolute atomic E-state index is 0.226. The fraction of sp³-hybridized carbons (Fsp3) is 0.286. The normalized spacial score (nSPS) is 12.1. The van der Waals surface area contributed by atoms with Gasteiger partial charge in [0.1, 0.15) is 11.8 Å². The zero-order chi connectivity index (χ0) is 15.0. The zero-order valence-corrected chi connectivity index (χ0v) is 11.8. The van der Waals surface area contributed by atoms with Crippen molar-refractivity contribution in [2.75, 3.05) is 6.61 Å². The van der Waals surface area contributed by atoms with Crippen molar-refractivity contribution in [3.8, 4) is 5.75 Å². The van der Waals surface area contributed by atoms with Gasteiger partial charge in [-0.25, -0.2) is 4.79 Å². The molecular weight excluding hydrogens is 282 g/mol. The number of nitrogens with one attached hydrogen (secondary N) is 1. The molecule has 0 aliphatic heterocycles. The van der Waals surface area contributed by atoms with Crippen LogP contribution in [0.25, 0.3) is 0 Å². The smallest absolute Gasteiger partial charge is 0.326 e. The molecule has 0 aliphatic carbocycles. The number of allylic oxidation sites excluding steroid dienone is 1. The fourth-order valence-corrected chi connectivity index (χ4v) is 1.63. The second-order valence-corrected chi connectivity index (χ2v) is 4.39. The summed E-state index contributed by atoms with van der Waals surface area (Å²) in [6.07, 6.45) is 3.62. The van der Waals surface area contributed by atoms with Crippen molar-refractivity contribution in [3.63, 3.8) is 0 Å². The van der Waals surface area contributed by atoms with Gasteiger partial charge >= 0.3 is 5.97 Å². The molecule has 0 saturated heterocycles. The SMILES string of the molecule is C/C=C/CC(NC(=O)COc1ccccc1Cl)C(=O)O. The molecule has 0 aromatic heterocycles. The lowest BCUT2D eigenvalue weighted by Gasteiger charge is -2.13. The van der Waals surface area contributed by atoms with Crippen LogP contribution in [0.3, 0.4) is 0 Å². The molecule has 0 spiro atoms. The van der Waals surface area contributed by atoms with Crippen molar-refractivity contribution in [1.82, 2.24) is 5.32 Å². The lowest BCUT2D eigenvalue weighted by molar-refractivity contribution is -0.142. The first-order valence-corrected chi connectivity index (χ1v) is 6.43. The standard InChI is InChI=1S/C14H16ClNO4/c1-2-3-7-11(14(18)19)16-13(17)9-20-12-8-5-4-6-10(12)15/h2-6,8,11H,7,9H2,1H3,(H,16,17)(H,18,19)/b3-2+. The molecule has 6 heteroatoms. The van der Waals surface area contributed by atoms with E-state index in [9.17, 15) is 9.59 Å². The van der Waals surface area contributed by atoms with E-state index in [0.29, 0.717) is 10.8 Å². The van der Waals surface area contributed by atoms with Gasteiger partial charge in [-0.1, -0.05) is 35.9 Å². The Hall–Kier alpha value is -2.01. The van der Waals surface area contributed by atoms with Gasteiger partial charge in [-0.3, -0.25) is 4.79 Å². The van der Waals surface area contributed by atoms with Crippen LogP contribution in [0.4, 0.5) is 0 Å². The Morgan fingerprint density at radius 1 is 1.45 bits per heavy atom. The van der Waals surface area contributed by atoms with Gasteiger partial charge in [0.2, 0.25) is 0 Å². The average Bonchev–Trinajstić information content (AvgIpc) is 2.42. The van der Waals surface area contributed by atoms with Crippen LogP contribution in [0.15, 0.2) is 36.4 Å². The van der Waals surface area contributed by atoms with Gasteiger partial charge in [0, 0.05) is 0 Å². The summed E-state index contributed by atoms with van der Waals surface area (Å²) in [6.45, 7) is 1.49. The van der Waals surface area contributed by atoms with Gasteiger partial charge < -0.3 is 15.2 Å². The highest BCUT2D eigenvalue weighted by molar-refractivity contribution is 6.32. The van der Waals surface area contributed by atoms with Crippen molar-refractivity contribution < 1.29 is 19.4 Å². The summed E-state index contributed by atoms with van der Waals surface area (Å²) in [4.78, 5) is 22.6. The molecule has 1 aromatic rings. The highest BCUT2D eigenvalue weighted by atomic mass is 35.5. The van der Waals surface area contributed by atoms with E-state index in [2.05, 4.69) is 5.32 Å². The number of benzene rings is 1. The molecular formula is C14H16ClNO4. The Kier molecular flexibility index (Phi) is 6.59. The van der Waals surface area contributed by atoms with Crippen molar-refractivity contribution in [3.05, 3.63) is 41.4 Å². The molecule has 1 amide bonds. The minimum atomic E-state index is -1.09. The van der Waals surface area contributed by atoms with Crippen molar-refractivity contribution >= 4 is 23.5 Å². The predicted molar refractivity (Wildman–Crippen MR) is 75.9 cm³/mol. The van der Waals surface area contributed by atoms with Crippen LogP contribution in [0, 0.1) is 0 Å². The molecule has 20 heavy (non-hydrogen) atoms. The number of amides is 1. The maximum absolute atomic E-state index is 11.6. The minimum Gasteiger partial charge on any atom is -0.482 e. The summed E-state index contributed by atoms with van der Waals surface area (Å²) in [7, 11) is 0. The van der Waals surface area contributed by atoms with Gasteiger partial charge in [-0.05, 0) is 25.5 Å². The average molecular weight is 298 g/mol. The van der Waals surface area contributed by atoms with Crippen LogP contribution < -0.4 is 10.1 Å². The van der Waals surface area contributed by atoms with E-state index < -0.39 is 17.9 Å². The van der Waals surface area contributed by atoms with E-state index in [1.165, 1.54) is 0 Å². The Morgan fingerprint density at radius 3 is 2.75 bits per heavy atom. The summed E-state index contributed by atoms with van der Waals surface area (Å²) in [6, 6.07) is 5.77. The Balaban J connectivity index is 2.50. The van der Waals surface area contributed by atoms with Gasteiger partial charge in [-0.15, -0.1) is 0 Å². The van der Waals surface area contributed by atoms with E-state index in [0.717, 1.165) is 0 Å². The molecule has 1 rings (SSSR count). The maximum atomic E-state index is 11.6. The number of carbonyl (C=O) groups excluding carboxylic acids is 1. The number of hydrogen-bond acceptors (Lipinski definition) is 3. The highest BCUT2D eigenvalue weighted by Gasteiger charge is 2.18. The molecule has 108 valence electrons. The van der Waals surface area contributed by atoms with Gasteiger partial charge in [-0.2, -0.15) is 0 Å². The molecule has 0 radical (unpaired) electrons. The Morgan fingerprint density at radius 2 is 2.15 bits per heavy atom. The zero-order valence-electron chi connectivity index (χ0n) is 11.0. The van der Waals surface area contributed by atoms with Crippen molar-refractivity contribution in [2.45, 2.75) is 19.4 Å². The van der Waals surface area contributed by atoms with Crippen molar-refractivity contribution in [2.24, 2.45) is 0 Å². The van der Waals surface area contributed by atoms with Gasteiger partial charge in [0.15, 0.2) is 6.61 Å². The van der Waals surface area contributed by atoms with Crippen LogP contribution in [0.1, 0.15) is 13.3 Å². The second-order valence-electron chi connectivity index (χ2n) is 3.98. The number of ether oxygens (including phenoxy) is 1. The van der Waals surface area contributed by atoms with E-state index in [-0.39, 0.29) is 13.0 Å². The summed E-state index contributed by atoms with van der Waals surface area (Å²) in [5.74, 6) is -1.22. The molecule has 0 fully saturated rings. The van der Waals surface area contributed by atoms with Crippen LogP contribution in [-0.4, -0.2) is 29.6 Å². The maximum Gasteiger partial charge on any atom is 0.326 e. The molecule has 0 heterocycles. The number of para-hydroxylation sites is 1. The largest absolute Gasteiger partial charge is 0.482 e. The molecule has 0 bridgehead atoms. The number of carboxylic acids is 1. The number of aliphatic carboxylic acids is 1. The van der Waals surface area contributed by atoms with Gasteiger partial charge in [0.05, 0.1) is 5.02 Å². The third-order valence-corrected chi connectivity index (χ3v) is 2.75. The lowest BCUT2D eigenvalue weighted by atomic mass is 10.2. The molecule has 5 nitrogen and oxygen atoms in total. The number of halogens is 1. The van der Waals surface area contributed by atoms with Crippen molar-refractivity contribution in [1.29, 1.82) is 0 Å². The summed E-state index contributed by atoms with van der Waals surface area (Å²) in [5, 5.41) is 11.7. The Bertz CT molecular complexity index is 502. The molecule has 1 atom stereocenters. The number of rotatable bonds is 7. The summed E-state index contributed by atoms with van der Waals surface area (Å²) >= 11 is 5.87. The predicted octanol–water partition coefficient (Wildman–Crippen LogP) is 2.25. The summed E-state index contributed by atoms with van der Waals surface area (Å²) < 4.78 is 5.23. The summed E-state index contributed by atoms with van der Waals surface area (Å²) in [5.41, 5.74) is 0. The Labute approximate surface area is 122 Å². The number of carboxylic acid groups (broad SMARTS) is 1. The molecule has 0 saturated carbocycles. The third kappa shape index (κ3) is 5.32. The molecule has 0 aliphatic rings. The van der Waals surface area contributed by atoms with Crippen LogP contribution >= 0.6 is 11.6 Å². The van der Waals surface area contributed by atoms with E-state index >= 15 is 0 Å². The monoisotopic (exact) mass is 297 g/mol. The van der Waals surface area contributed by atoms with E-state index in [1.807, 2.05) is 0 Å². The third-order valence-electron chi connectivity index (χ3n) is 2.44. The van der Waals surface area contributed by atoms with Gasteiger partial charge in [0.25, 0.3) is 5.91 Å². The lowest BCUT2D eigenvalue weighted by Crippen LogP contribution is -2.42. The van der Waals surface area contributed by atoms with Crippen LogP contribution in [0.2, 0.25) is 5.02 Å². The highest BCUT2D eigenvalue weighted by Crippen LogP contribution is 2.22.